The predicted molar refractivity (Wildman–Crippen MR) is 76.7 cm³/mol. The molecule has 0 saturated heterocycles. The summed E-state index contributed by atoms with van der Waals surface area (Å²) in [4.78, 5) is 24.8. The summed E-state index contributed by atoms with van der Waals surface area (Å²) < 4.78 is 5.13. The van der Waals surface area contributed by atoms with Gasteiger partial charge in [-0.2, -0.15) is 0 Å². The Kier molecular flexibility index (Phi) is 7.42. The van der Waals surface area contributed by atoms with Crippen LogP contribution >= 0.6 is 0 Å². The minimum absolute atomic E-state index is 0.0963. The number of hydrogen-bond acceptors (Lipinski definition) is 3. The van der Waals surface area contributed by atoms with E-state index in [1.54, 1.807) is 4.90 Å². The molecule has 0 bridgehead atoms. The molecule has 0 N–H and O–H groups in total. The second kappa shape index (κ2) is 7.97. The van der Waals surface area contributed by atoms with E-state index < -0.39 is 0 Å². The first-order chi connectivity index (χ1) is 8.68. The third-order valence-electron chi connectivity index (χ3n) is 2.61. The molecular weight excluding hydrogens is 242 g/mol. The summed E-state index contributed by atoms with van der Waals surface area (Å²) >= 11 is 0. The zero-order valence-electron chi connectivity index (χ0n) is 12.9. The molecule has 0 rings (SSSR count). The average Bonchev–Trinajstić information content (AvgIpc) is 2.25. The van der Waals surface area contributed by atoms with Crippen LogP contribution in [-0.4, -0.2) is 35.5 Å². The van der Waals surface area contributed by atoms with E-state index in [2.05, 4.69) is 6.58 Å². The fraction of sp³-hybridized carbons (Fsp3) is 0.733. The van der Waals surface area contributed by atoms with Crippen molar-refractivity contribution in [1.82, 2.24) is 4.90 Å². The molecule has 19 heavy (non-hydrogen) atoms. The predicted octanol–water partition coefficient (Wildman–Crippen LogP) is 2.78. The van der Waals surface area contributed by atoms with Crippen LogP contribution in [0.3, 0.4) is 0 Å². The molecule has 0 aromatic carbocycles. The van der Waals surface area contributed by atoms with Gasteiger partial charge in [0.2, 0.25) is 5.91 Å². The molecule has 0 aliphatic carbocycles. The summed E-state index contributed by atoms with van der Waals surface area (Å²) in [6.07, 6.45) is 2.39. The summed E-state index contributed by atoms with van der Waals surface area (Å²) in [5.41, 5.74) is -0.257. The molecule has 4 heteroatoms. The Labute approximate surface area is 116 Å². The van der Waals surface area contributed by atoms with Gasteiger partial charge in [0.05, 0.1) is 6.61 Å². The Balaban J connectivity index is 4.11. The molecule has 0 aliphatic heterocycles. The lowest BCUT2D eigenvalue weighted by Crippen LogP contribution is -2.45. The van der Waals surface area contributed by atoms with Crippen LogP contribution < -0.4 is 0 Å². The van der Waals surface area contributed by atoms with Gasteiger partial charge in [-0.3, -0.25) is 9.59 Å². The van der Waals surface area contributed by atoms with Crippen LogP contribution in [0, 0.1) is 5.92 Å². The van der Waals surface area contributed by atoms with Crippen molar-refractivity contribution in [3.05, 3.63) is 12.7 Å². The lowest BCUT2D eigenvalue weighted by molar-refractivity contribution is -0.144. The second-order valence-corrected chi connectivity index (χ2v) is 6.04. The van der Waals surface area contributed by atoms with Crippen molar-refractivity contribution in [1.29, 1.82) is 0 Å². The van der Waals surface area contributed by atoms with Crippen molar-refractivity contribution in [2.75, 3.05) is 13.2 Å². The van der Waals surface area contributed by atoms with Gasteiger partial charge in [-0.15, -0.1) is 0 Å². The normalized spacial score (nSPS) is 11.3. The number of rotatable bonds is 7. The number of amides is 1. The minimum atomic E-state index is -0.257. The van der Waals surface area contributed by atoms with Crippen molar-refractivity contribution in [3.63, 3.8) is 0 Å². The number of hydrogen-bond donors (Lipinski definition) is 0. The maximum Gasteiger partial charge on any atom is 0.306 e. The SMILES string of the molecule is C=CC(=O)N(CCCOC(=O)CC(C)C)C(C)(C)C. The van der Waals surface area contributed by atoms with E-state index in [0.29, 0.717) is 31.9 Å². The first kappa shape index (κ1) is 17.7. The highest BCUT2D eigenvalue weighted by Gasteiger charge is 2.24. The Hall–Kier alpha value is -1.32. The third kappa shape index (κ3) is 7.65. The maximum absolute atomic E-state index is 11.7. The molecular formula is C15H27NO3. The standard InChI is InChI=1S/C15H27NO3/c1-7-13(17)16(15(4,5)6)9-8-10-19-14(18)11-12(2)3/h7,12H,1,8-11H2,2-6H3. The lowest BCUT2D eigenvalue weighted by Gasteiger charge is -2.35. The molecule has 0 aromatic rings. The van der Waals surface area contributed by atoms with Gasteiger partial charge >= 0.3 is 5.97 Å². The van der Waals surface area contributed by atoms with Gasteiger partial charge in [-0.1, -0.05) is 20.4 Å². The number of nitrogens with zero attached hydrogens (tertiary/aromatic N) is 1. The molecule has 0 aromatic heterocycles. The van der Waals surface area contributed by atoms with Gasteiger partial charge in [0.1, 0.15) is 0 Å². The van der Waals surface area contributed by atoms with E-state index in [9.17, 15) is 9.59 Å². The molecule has 0 unspecified atom stereocenters. The van der Waals surface area contributed by atoms with E-state index in [1.165, 1.54) is 6.08 Å². The fourth-order valence-electron chi connectivity index (χ4n) is 1.69. The fourth-order valence-corrected chi connectivity index (χ4v) is 1.69. The molecule has 0 spiro atoms. The second-order valence-electron chi connectivity index (χ2n) is 6.04. The highest BCUT2D eigenvalue weighted by atomic mass is 16.5. The van der Waals surface area contributed by atoms with E-state index in [0.717, 1.165) is 0 Å². The first-order valence-corrected chi connectivity index (χ1v) is 6.78. The molecule has 4 nitrogen and oxygen atoms in total. The first-order valence-electron chi connectivity index (χ1n) is 6.78. The van der Waals surface area contributed by atoms with Crippen LogP contribution in [0.15, 0.2) is 12.7 Å². The van der Waals surface area contributed by atoms with Crippen LogP contribution in [-0.2, 0) is 14.3 Å². The molecule has 0 fully saturated rings. The Bertz CT molecular complexity index is 316. The summed E-state index contributed by atoms with van der Waals surface area (Å²) in [5, 5.41) is 0. The molecule has 0 heterocycles. The van der Waals surface area contributed by atoms with Gasteiger partial charge in [-0.05, 0) is 39.2 Å². The third-order valence-corrected chi connectivity index (χ3v) is 2.61. The highest BCUT2D eigenvalue weighted by molar-refractivity contribution is 5.87. The maximum atomic E-state index is 11.7. The van der Waals surface area contributed by atoms with Gasteiger partial charge < -0.3 is 9.64 Å². The zero-order valence-corrected chi connectivity index (χ0v) is 12.9. The quantitative estimate of drug-likeness (QED) is 0.405. The topological polar surface area (TPSA) is 46.6 Å². The average molecular weight is 269 g/mol. The van der Waals surface area contributed by atoms with Gasteiger partial charge in [0, 0.05) is 18.5 Å². The largest absolute Gasteiger partial charge is 0.466 e. The van der Waals surface area contributed by atoms with Crippen molar-refractivity contribution in [3.8, 4) is 0 Å². The molecule has 0 aliphatic rings. The molecule has 1 amide bonds. The van der Waals surface area contributed by atoms with Gasteiger partial charge in [-0.25, -0.2) is 0 Å². The van der Waals surface area contributed by atoms with Crippen molar-refractivity contribution >= 4 is 11.9 Å². The summed E-state index contributed by atoms with van der Waals surface area (Å²) in [6, 6.07) is 0. The number of ether oxygens (including phenoxy) is 1. The highest BCUT2D eigenvalue weighted by Crippen LogP contribution is 2.14. The monoisotopic (exact) mass is 269 g/mol. The van der Waals surface area contributed by atoms with E-state index in [-0.39, 0.29) is 17.4 Å². The Morgan fingerprint density at radius 3 is 2.32 bits per heavy atom. The van der Waals surface area contributed by atoms with Crippen molar-refractivity contribution in [2.45, 2.75) is 53.0 Å². The number of esters is 1. The molecule has 0 atom stereocenters. The lowest BCUT2D eigenvalue weighted by atomic mass is 10.1. The summed E-state index contributed by atoms with van der Waals surface area (Å²) in [5.74, 6) is 0.0364. The van der Waals surface area contributed by atoms with Crippen molar-refractivity contribution < 1.29 is 14.3 Å². The molecule has 0 radical (unpaired) electrons. The van der Waals surface area contributed by atoms with Crippen LogP contribution in [0.4, 0.5) is 0 Å². The van der Waals surface area contributed by atoms with Crippen molar-refractivity contribution in [2.24, 2.45) is 5.92 Å². The smallest absolute Gasteiger partial charge is 0.306 e. The number of carbonyl (C=O) groups is 2. The number of carbonyl (C=O) groups excluding carboxylic acids is 2. The molecule has 110 valence electrons. The van der Waals surface area contributed by atoms with Crippen LogP contribution in [0.1, 0.15) is 47.5 Å². The van der Waals surface area contributed by atoms with Gasteiger partial charge in [0.25, 0.3) is 0 Å². The van der Waals surface area contributed by atoms with E-state index in [1.807, 2.05) is 34.6 Å². The van der Waals surface area contributed by atoms with Crippen LogP contribution in [0.25, 0.3) is 0 Å². The van der Waals surface area contributed by atoms with Crippen LogP contribution in [0.5, 0.6) is 0 Å². The Morgan fingerprint density at radius 2 is 1.89 bits per heavy atom. The zero-order chi connectivity index (χ0) is 15.1. The Morgan fingerprint density at radius 1 is 1.32 bits per heavy atom. The summed E-state index contributed by atoms with van der Waals surface area (Å²) in [7, 11) is 0. The van der Waals surface area contributed by atoms with Gasteiger partial charge in [0.15, 0.2) is 0 Å². The minimum Gasteiger partial charge on any atom is -0.466 e. The summed E-state index contributed by atoms with van der Waals surface area (Å²) in [6.45, 7) is 14.3. The van der Waals surface area contributed by atoms with Crippen LogP contribution in [0.2, 0.25) is 0 Å². The van der Waals surface area contributed by atoms with E-state index >= 15 is 0 Å². The molecule has 0 saturated carbocycles. The van der Waals surface area contributed by atoms with E-state index in [4.69, 9.17) is 4.74 Å².